The van der Waals surface area contributed by atoms with Crippen molar-refractivity contribution in [3.05, 3.63) is 95.2 Å². The Hall–Kier alpha value is -3.18. The summed E-state index contributed by atoms with van der Waals surface area (Å²) < 4.78 is 11.2. The van der Waals surface area contributed by atoms with Gasteiger partial charge in [-0.05, 0) is 35.7 Å². The first-order valence-electron chi connectivity index (χ1n) is 8.10. The smallest absolute Gasteiger partial charge is 0.236 e. The van der Waals surface area contributed by atoms with Crippen LogP contribution in [0.15, 0.2) is 82.8 Å². The number of carbonyl (C=O) groups is 1. The van der Waals surface area contributed by atoms with Gasteiger partial charge in [-0.1, -0.05) is 36.4 Å². The largest absolute Gasteiger partial charge is 0.487 e. The molecule has 0 amide bonds. The molecule has 0 unspecified atom stereocenters. The van der Waals surface area contributed by atoms with Crippen LogP contribution in [0.1, 0.15) is 21.6 Å². The van der Waals surface area contributed by atoms with Gasteiger partial charge in [-0.2, -0.15) is 0 Å². The highest BCUT2D eigenvalue weighted by atomic mass is 32.1. The minimum atomic E-state index is -0.00533. The molecule has 0 saturated heterocycles. The van der Waals surface area contributed by atoms with Crippen molar-refractivity contribution in [2.45, 2.75) is 6.61 Å². The molecular formula is C21H15NO3S. The van der Waals surface area contributed by atoms with Crippen molar-refractivity contribution >= 4 is 17.1 Å². The lowest BCUT2D eigenvalue weighted by atomic mass is 10.0. The lowest BCUT2D eigenvalue weighted by Gasteiger charge is -2.05. The van der Waals surface area contributed by atoms with Crippen LogP contribution in [0.3, 0.4) is 0 Å². The van der Waals surface area contributed by atoms with Crippen LogP contribution in [-0.4, -0.2) is 10.8 Å². The van der Waals surface area contributed by atoms with Crippen molar-refractivity contribution in [3.63, 3.8) is 0 Å². The van der Waals surface area contributed by atoms with Gasteiger partial charge in [0.15, 0.2) is 5.78 Å². The summed E-state index contributed by atoms with van der Waals surface area (Å²) in [7, 11) is 0. The molecule has 2 heterocycles. The number of ketones is 1. The third-order valence-corrected chi connectivity index (χ3v) is 4.68. The zero-order valence-corrected chi connectivity index (χ0v) is 14.6. The molecule has 0 aliphatic rings. The Morgan fingerprint density at radius 3 is 2.46 bits per heavy atom. The topological polar surface area (TPSA) is 52.3 Å². The monoisotopic (exact) mass is 361 g/mol. The van der Waals surface area contributed by atoms with Gasteiger partial charge in [0.1, 0.15) is 24.3 Å². The number of thiophene rings is 1. The predicted molar refractivity (Wildman–Crippen MR) is 100 cm³/mol. The van der Waals surface area contributed by atoms with E-state index in [0.717, 1.165) is 10.6 Å². The Kier molecular flexibility index (Phi) is 4.62. The van der Waals surface area contributed by atoms with Crippen molar-refractivity contribution < 1.29 is 13.9 Å². The molecule has 2 aromatic carbocycles. The summed E-state index contributed by atoms with van der Waals surface area (Å²) in [5.74, 6) is 1.27. The maximum absolute atomic E-state index is 12.4. The minimum Gasteiger partial charge on any atom is -0.487 e. The number of benzene rings is 2. The van der Waals surface area contributed by atoms with E-state index in [1.807, 2.05) is 47.8 Å². The van der Waals surface area contributed by atoms with Gasteiger partial charge in [-0.15, -0.1) is 11.3 Å². The van der Waals surface area contributed by atoms with Gasteiger partial charge < -0.3 is 9.15 Å². The van der Waals surface area contributed by atoms with E-state index in [1.54, 1.807) is 41.9 Å². The summed E-state index contributed by atoms with van der Waals surface area (Å²) in [6, 6.07) is 20.2. The maximum Gasteiger partial charge on any atom is 0.236 e. The van der Waals surface area contributed by atoms with Crippen molar-refractivity contribution in [2.24, 2.45) is 0 Å². The third kappa shape index (κ3) is 3.58. The molecule has 2 aromatic heterocycles. The van der Waals surface area contributed by atoms with Crippen molar-refractivity contribution in [2.75, 3.05) is 0 Å². The summed E-state index contributed by atoms with van der Waals surface area (Å²) in [4.78, 5) is 17.8. The second-order valence-corrected chi connectivity index (χ2v) is 6.58. The molecule has 0 radical (unpaired) electrons. The molecular weight excluding hydrogens is 346 g/mol. The third-order valence-electron chi connectivity index (χ3n) is 3.82. The minimum absolute atomic E-state index is 0.00533. The van der Waals surface area contributed by atoms with Crippen LogP contribution in [0.2, 0.25) is 0 Å². The zero-order chi connectivity index (χ0) is 17.8. The highest BCUT2D eigenvalue weighted by Crippen LogP contribution is 2.24. The van der Waals surface area contributed by atoms with E-state index in [1.165, 1.54) is 0 Å². The van der Waals surface area contributed by atoms with Crippen LogP contribution in [-0.2, 0) is 6.61 Å². The van der Waals surface area contributed by atoms with Gasteiger partial charge in [-0.25, -0.2) is 4.98 Å². The number of hydrogen-bond acceptors (Lipinski definition) is 5. The molecule has 26 heavy (non-hydrogen) atoms. The van der Waals surface area contributed by atoms with E-state index in [0.29, 0.717) is 29.4 Å². The fourth-order valence-electron chi connectivity index (χ4n) is 2.50. The molecule has 5 heteroatoms. The first-order chi connectivity index (χ1) is 12.8. The van der Waals surface area contributed by atoms with Gasteiger partial charge in [0.25, 0.3) is 0 Å². The normalized spacial score (nSPS) is 10.6. The second-order valence-electron chi connectivity index (χ2n) is 5.63. The Morgan fingerprint density at radius 1 is 0.962 bits per heavy atom. The molecule has 0 atom stereocenters. The summed E-state index contributed by atoms with van der Waals surface area (Å²) in [5, 5.41) is 1.98. The van der Waals surface area contributed by atoms with Crippen molar-refractivity contribution in [1.29, 1.82) is 0 Å². The standard InChI is InChI=1S/C21H15NO3S/c23-20(15-5-2-1-3-6-15)16-8-10-18(11-9-16)24-13-17-14-25-21(22-17)19-7-4-12-26-19/h1-12,14H,13H2. The summed E-state index contributed by atoms with van der Waals surface area (Å²) >= 11 is 1.58. The molecule has 4 nitrogen and oxygen atoms in total. The molecule has 4 aromatic rings. The number of ether oxygens (including phenoxy) is 1. The molecule has 0 aliphatic heterocycles. The Bertz CT molecular complexity index is 989. The van der Waals surface area contributed by atoms with Crippen molar-refractivity contribution in [1.82, 2.24) is 4.98 Å². The Labute approximate surface area is 154 Å². The second kappa shape index (κ2) is 7.37. The predicted octanol–water partition coefficient (Wildman–Crippen LogP) is 5.21. The fourth-order valence-corrected chi connectivity index (χ4v) is 3.16. The molecule has 0 spiro atoms. The molecule has 0 bridgehead atoms. The van der Waals surface area contributed by atoms with Gasteiger partial charge in [0, 0.05) is 11.1 Å². The number of nitrogens with zero attached hydrogens (tertiary/aromatic N) is 1. The van der Waals surface area contributed by atoms with E-state index in [9.17, 15) is 4.79 Å². The van der Waals surface area contributed by atoms with E-state index >= 15 is 0 Å². The SMILES string of the molecule is O=C(c1ccccc1)c1ccc(OCc2coc(-c3cccs3)n2)cc1. The van der Waals surface area contributed by atoms with Gasteiger partial charge in [-0.3, -0.25) is 4.79 Å². The summed E-state index contributed by atoms with van der Waals surface area (Å²) in [6.07, 6.45) is 1.60. The first kappa shape index (κ1) is 16.3. The summed E-state index contributed by atoms with van der Waals surface area (Å²) in [5.41, 5.74) is 2.02. The number of hydrogen-bond donors (Lipinski definition) is 0. The quantitative estimate of drug-likeness (QED) is 0.442. The van der Waals surface area contributed by atoms with Gasteiger partial charge in [0.2, 0.25) is 5.89 Å². The van der Waals surface area contributed by atoms with Crippen LogP contribution in [0.25, 0.3) is 10.8 Å². The van der Waals surface area contributed by atoms with E-state index in [4.69, 9.17) is 9.15 Å². The lowest BCUT2D eigenvalue weighted by Crippen LogP contribution is -2.01. The highest BCUT2D eigenvalue weighted by Gasteiger charge is 2.10. The highest BCUT2D eigenvalue weighted by molar-refractivity contribution is 7.13. The van der Waals surface area contributed by atoms with Crippen LogP contribution >= 0.6 is 11.3 Å². The number of aromatic nitrogens is 1. The average molecular weight is 361 g/mol. The Balaban J connectivity index is 1.40. The van der Waals surface area contributed by atoms with Crippen LogP contribution in [0.4, 0.5) is 0 Å². The molecule has 0 fully saturated rings. The number of rotatable bonds is 6. The first-order valence-corrected chi connectivity index (χ1v) is 8.98. The van der Waals surface area contributed by atoms with E-state index in [2.05, 4.69) is 4.98 Å². The number of oxazole rings is 1. The summed E-state index contributed by atoms with van der Waals surface area (Å²) in [6.45, 7) is 0.306. The lowest BCUT2D eigenvalue weighted by molar-refractivity contribution is 0.103. The van der Waals surface area contributed by atoms with Crippen LogP contribution in [0, 0.1) is 0 Å². The Morgan fingerprint density at radius 2 is 1.73 bits per heavy atom. The number of carbonyl (C=O) groups excluding carboxylic acids is 1. The zero-order valence-electron chi connectivity index (χ0n) is 13.8. The van der Waals surface area contributed by atoms with Crippen LogP contribution < -0.4 is 4.74 Å². The molecule has 4 rings (SSSR count). The van der Waals surface area contributed by atoms with Gasteiger partial charge >= 0.3 is 0 Å². The molecule has 0 N–H and O–H groups in total. The maximum atomic E-state index is 12.4. The molecule has 0 aliphatic carbocycles. The molecule has 0 saturated carbocycles. The fraction of sp³-hybridized carbons (Fsp3) is 0.0476. The van der Waals surface area contributed by atoms with Crippen LogP contribution in [0.5, 0.6) is 5.75 Å². The van der Waals surface area contributed by atoms with E-state index < -0.39 is 0 Å². The van der Waals surface area contributed by atoms with Crippen molar-refractivity contribution in [3.8, 4) is 16.5 Å². The van der Waals surface area contributed by atoms with Gasteiger partial charge in [0.05, 0.1) is 4.88 Å². The molecule has 128 valence electrons. The van der Waals surface area contributed by atoms with E-state index in [-0.39, 0.29) is 5.78 Å². The average Bonchev–Trinajstić information content (AvgIpc) is 3.38.